The zero-order chi connectivity index (χ0) is 14.1. The van der Waals surface area contributed by atoms with E-state index in [2.05, 4.69) is 10.3 Å². The van der Waals surface area contributed by atoms with E-state index in [0.29, 0.717) is 5.58 Å². The predicted octanol–water partition coefficient (Wildman–Crippen LogP) is 3.58. The second-order valence-electron chi connectivity index (χ2n) is 4.78. The molecule has 0 saturated carbocycles. The molecule has 1 aromatic carbocycles. The number of benzene rings is 1. The SMILES string of the molecule is CNC(c1ccnc(C)c1)c1cc2cc(F)ccc2o1. The van der Waals surface area contributed by atoms with Crippen molar-refractivity contribution in [1.29, 1.82) is 0 Å². The van der Waals surface area contributed by atoms with Gasteiger partial charge in [-0.1, -0.05) is 0 Å². The molecule has 1 unspecified atom stereocenters. The molecule has 0 radical (unpaired) electrons. The van der Waals surface area contributed by atoms with Crippen LogP contribution in [0.15, 0.2) is 47.0 Å². The first-order valence-electron chi connectivity index (χ1n) is 6.46. The van der Waals surface area contributed by atoms with Crippen LogP contribution in [0.3, 0.4) is 0 Å². The number of aryl methyl sites for hydroxylation is 1. The van der Waals surface area contributed by atoms with E-state index in [1.807, 2.05) is 32.2 Å². The minimum Gasteiger partial charge on any atom is -0.459 e. The van der Waals surface area contributed by atoms with Crippen molar-refractivity contribution in [2.75, 3.05) is 7.05 Å². The number of nitrogens with zero attached hydrogens (tertiary/aromatic N) is 1. The molecule has 0 aliphatic heterocycles. The number of hydrogen-bond acceptors (Lipinski definition) is 3. The molecule has 102 valence electrons. The smallest absolute Gasteiger partial charge is 0.134 e. The molecule has 2 aromatic heterocycles. The molecule has 3 rings (SSSR count). The predicted molar refractivity (Wildman–Crippen MR) is 76.0 cm³/mol. The Morgan fingerprint density at radius 1 is 1.20 bits per heavy atom. The number of pyridine rings is 1. The van der Waals surface area contributed by atoms with Crippen LogP contribution in [0.2, 0.25) is 0 Å². The molecule has 0 amide bonds. The Bertz CT molecular complexity index is 751. The Morgan fingerprint density at radius 2 is 2.05 bits per heavy atom. The van der Waals surface area contributed by atoms with E-state index in [1.54, 1.807) is 12.3 Å². The quantitative estimate of drug-likeness (QED) is 0.790. The van der Waals surface area contributed by atoms with Crippen LogP contribution in [-0.2, 0) is 0 Å². The largest absolute Gasteiger partial charge is 0.459 e. The molecule has 0 spiro atoms. The standard InChI is InChI=1S/C16H15FN2O/c1-10-7-11(5-6-19-10)16(18-2)15-9-12-8-13(17)3-4-14(12)20-15/h3-9,16,18H,1-2H3. The van der Waals surface area contributed by atoms with Crippen molar-refractivity contribution in [2.24, 2.45) is 0 Å². The summed E-state index contributed by atoms with van der Waals surface area (Å²) < 4.78 is 19.1. The number of nitrogens with one attached hydrogen (secondary N) is 1. The Kier molecular flexibility index (Phi) is 3.24. The third-order valence-corrected chi connectivity index (χ3v) is 3.32. The fourth-order valence-electron chi connectivity index (χ4n) is 2.40. The van der Waals surface area contributed by atoms with Crippen molar-refractivity contribution in [3.05, 3.63) is 65.4 Å². The fourth-order valence-corrected chi connectivity index (χ4v) is 2.40. The van der Waals surface area contributed by atoms with Gasteiger partial charge in [0.2, 0.25) is 0 Å². The van der Waals surface area contributed by atoms with Gasteiger partial charge in [0.15, 0.2) is 0 Å². The molecule has 20 heavy (non-hydrogen) atoms. The van der Waals surface area contributed by atoms with E-state index in [1.165, 1.54) is 12.1 Å². The van der Waals surface area contributed by atoms with Gasteiger partial charge in [0.1, 0.15) is 17.2 Å². The normalized spacial score (nSPS) is 12.8. The fraction of sp³-hybridized carbons (Fsp3) is 0.188. The van der Waals surface area contributed by atoms with Gasteiger partial charge in [0.25, 0.3) is 0 Å². The summed E-state index contributed by atoms with van der Waals surface area (Å²) in [7, 11) is 1.87. The van der Waals surface area contributed by atoms with Gasteiger partial charge < -0.3 is 9.73 Å². The van der Waals surface area contributed by atoms with Crippen LogP contribution in [0, 0.1) is 12.7 Å². The van der Waals surface area contributed by atoms with E-state index in [0.717, 1.165) is 22.4 Å². The lowest BCUT2D eigenvalue weighted by Gasteiger charge is -2.14. The van der Waals surface area contributed by atoms with Crippen LogP contribution in [0.1, 0.15) is 23.1 Å². The van der Waals surface area contributed by atoms with Crippen molar-refractivity contribution in [2.45, 2.75) is 13.0 Å². The molecule has 3 aromatic rings. The summed E-state index contributed by atoms with van der Waals surface area (Å²) >= 11 is 0. The van der Waals surface area contributed by atoms with Crippen LogP contribution >= 0.6 is 0 Å². The van der Waals surface area contributed by atoms with Gasteiger partial charge in [0, 0.05) is 17.3 Å². The average Bonchev–Trinajstić information content (AvgIpc) is 2.82. The summed E-state index contributed by atoms with van der Waals surface area (Å²) in [6, 6.07) is 10.3. The molecular weight excluding hydrogens is 255 g/mol. The summed E-state index contributed by atoms with van der Waals surface area (Å²) in [5, 5.41) is 3.99. The number of hydrogen-bond donors (Lipinski definition) is 1. The summed E-state index contributed by atoms with van der Waals surface area (Å²) in [6.07, 6.45) is 1.78. The van der Waals surface area contributed by atoms with Crippen LogP contribution < -0.4 is 5.32 Å². The van der Waals surface area contributed by atoms with Crippen molar-refractivity contribution >= 4 is 11.0 Å². The molecule has 3 nitrogen and oxygen atoms in total. The topological polar surface area (TPSA) is 38.1 Å². The Morgan fingerprint density at radius 3 is 2.80 bits per heavy atom. The molecule has 0 bridgehead atoms. The van der Waals surface area contributed by atoms with Gasteiger partial charge in [-0.25, -0.2) is 4.39 Å². The molecule has 1 atom stereocenters. The first kappa shape index (κ1) is 12.8. The number of aromatic nitrogens is 1. The van der Waals surface area contributed by atoms with Crippen LogP contribution in [-0.4, -0.2) is 12.0 Å². The minimum atomic E-state index is -0.259. The van der Waals surface area contributed by atoms with E-state index >= 15 is 0 Å². The summed E-state index contributed by atoms with van der Waals surface area (Å²) in [5.41, 5.74) is 2.71. The van der Waals surface area contributed by atoms with Gasteiger partial charge in [-0.15, -0.1) is 0 Å². The molecule has 0 aliphatic rings. The Labute approximate surface area is 116 Å². The molecule has 4 heteroatoms. The van der Waals surface area contributed by atoms with Crippen molar-refractivity contribution in [1.82, 2.24) is 10.3 Å². The number of halogens is 1. The van der Waals surface area contributed by atoms with Gasteiger partial charge in [-0.3, -0.25) is 4.98 Å². The lowest BCUT2D eigenvalue weighted by molar-refractivity contribution is 0.491. The highest BCUT2D eigenvalue weighted by Gasteiger charge is 2.17. The maximum Gasteiger partial charge on any atom is 0.134 e. The Hall–Kier alpha value is -2.20. The second kappa shape index (κ2) is 5.06. The molecule has 0 saturated heterocycles. The average molecular weight is 270 g/mol. The molecule has 1 N–H and O–H groups in total. The highest BCUT2D eigenvalue weighted by molar-refractivity contribution is 5.78. The molecule has 2 heterocycles. The molecular formula is C16H15FN2O. The van der Waals surface area contributed by atoms with Gasteiger partial charge in [-0.2, -0.15) is 0 Å². The highest BCUT2D eigenvalue weighted by Crippen LogP contribution is 2.28. The first-order valence-corrected chi connectivity index (χ1v) is 6.46. The summed E-state index contributed by atoms with van der Waals surface area (Å²) in [4.78, 5) is 4.20. The Balaban J connectivity index is 2.07. The lowest BCUT2D eigenvalue weighted by Crippen LogP contribution is -2.17. The summed E-state index contributed by atoms with van der Waals surface area (Å²) in [5.74, 6) is 0.504. The van der Waals surface area contributed by atoms with Crippen LogP contribution in [0.5, 0.6) is 0 Å². The van der Waals surface area contributed by atoms with Gasteiger partial charge >= 0.3 is 0 Å². The maximum absolute atomic E-state index is 13.2. The zero-order valence-electron chi connectivity index (χ0n) is 11.4. The molecule has 0 aliphatic carbocycles. The monoisotopic (exact) mass is 270 g/mol. The first-order chi connectivity index (χ1) is 9.67. The second-order valence-corrected chi connectivity index (χ2v) is 4.78. The van der Waals surface area contributed by atoms with Crippen molar-refractivity contribution in [3.63, 3.8) is 0 Å². The molecule has 0 fully saturated rings. The number of rotatable bonds is 3. The van der Waals surface area contributed by atoms with Crippen LogP contribution in [0.25, 0.3) is 11.0 Å². The lowest BCUT2D eigenvalue weighted by atomic mass is 10.0. The van der Waals surface area contributed by atoms with Gasteiger partial charge in [0.05, 0.1) is 6.04 Å². The van der Waals surface area contributed by atoms with E-state index in [9.17, 15) is 4.39 Å². The summed E-state index contributed by atoms with van der Waals surface area (Å²) in [6.45, 7) is 1.95. The van der Waals surface area contributed by atoms with Gasteiger partial charge in [-0.05, 0) is 55.9 Å². The third kappa shape index (κ3) is 2.30. The number of fused-ring (bicyclic) bond motifs is 1. The van der Waals surface area contributed by atoms with Crippen LogP contribution in [0.4, 0.5) is 4.39 Å². The third-order valence-electron chi connectivity index (χ3n) is 3.32. The minimum absolute atomic E-state index is 0.0767. The van der Waals surface area contributed by atoms with Crippen molar-refractivity contribution in [3.8, 4) is 0 Å². The number of furan rings is 1. The van der Waals surface area contributed by atoms with Crippen molar-refractivity contribution < 1.29 is 8.81 Å². The zero-order valence-corrected chi connectivity index (χ0v) is 11.4. The van der Waals surface area contributed by atoms with E-state index < -0.39 is 0 Å². The maximum atomic E-state index is 13.2. The highest BCUT2D eigenvalue weighted by atomic mass is 19.1. The van der Waals surface area contributed by atoms with E-state index in [-0.39, 0.29) is 11.9 Å². The van der Waals surface area contributed by atoms with E-state index in [4.69, 9.17) is 4.42 Å².